The van der Waals surface area contributed by atoms with Gasteiger partial charge in [-0.1, -0.05) is 6.07 Å². The fraction of sp³-hybridized carbons (Fsp3) is 0.370. The number of ketones is 1. The summed E-state index contributed by atoms with van der Waals surface area (Å²) in [6.07, 6.45) is 0.184. The van der Waals surface area contributed by atoms with E-state index in [1.165, 1.54) is 6.07 Å². The summed E-state index contributed by atoms with van der Waals surface area (Å²) in [6, 6.07) is 12.8. The first-order valence-electron chi connectivity index (χ1n) is 11.9. The summed E-state index contributed by atoms with van der Waals surface area (Å²) < 4.78 is 11.0. The van der Waals surface area contributed by atoms with Crippen molar-refractivity contribution in [3.63, 3.8) is 0 Å². The topological polar surface area (TPSA) is 80.1 Å². The quantitative estimate of drug-likeness (QED) is 0.161. The fourth-order valence-corrected chi connectivity index (χ4v) is 4.52. The first kappa shape index (κ1) is 23.5. The number of carbonyl (C=O) groups is 2. The lowest BCUT2D eigenvalue weighted by Gasteiger charge is -2.26. The number of esters is 1. The van der Waals surface area contributed by atoms with Crippen LogP contribution in [0.3, 0.4) is 0 Å². The molecule has 1 unspecified atom stereocenters. The molecule has 0 N–H and O–H groups in total. The molecule has 0 saturated carbocycles. The van der Waals surface area contributed by atoms with Gasteiger partial charge in [-0.3, -0.25) is 9.59 Å². The smallest absolute Gasteiger partial charge is 0.347 e. The highest BCUT2D eigenvalue weighted by Crippen LogP contribution is 2.33. The average molecular weight is 463 g/mol. The molecular weight excluding hydrogens is 432 g/mol. The number of hydrogen-bond donors (Lipinski definition) is 0. The number of ether oxygens (including phenoxy) is 1. The van der Waals surface area contributed by atoms with Crippen molar-refractivity contribution in [3.05, 3.63) is 64.0 Å². The lowest BCUT2D eigenvalue weighted by molar-refractivity contribution is -0.138. The van der Waals surface area contributed by atoms with Gasteiger partial charge >= 0.3 is 11.6 Å². The Morgan fingerprint density at radius 3 is 2.15 bits per heavy atom. The molecule has 0 fully saturated rings. The van der Waals surface area contributed by atoms with Crippen LogP contribution in [-0.4, -0.2) is 37.9 Å². The zero-order chi connectivity index (χ0) is 24.4. The number of rotatable bonds is 8. The third-order valence-corrected chi connectivity index (χ3v) is 6.53. The maximum atomic E-state index is 13.2. The Morgan fingerprint density at radius 2 is 1.50 bits per heavy atom. The largest absolute Gasteiger partial charge is 0.426 e. The van der Waals surface area contributed by atoms with Gasteiger partial charge in [0.25, 0.3) is 0 Å². The molecule has 3 aromatic rings. The Hall–Kier alpha value is -3.61. The summed E-state index contributed by atoms with van der Waals surface area (Å²) >= 11 is 0. The third kappa shape index (κ3) is 4.30. The van der Waals surface area contributed by atoms with E-state index < -0.39 is 23.3 Å². The second-order valence-corrected chi connectivity index (χ2v) is 8.35. The van der Waals surface area contributed by atoms with E-state index in [1.807, 2.05) is 30.3 Å². The molecule has 0 saturated heterocycles. The normalized spacial score (nSPS) is 15.1. The Balaban J connectivity index is 1.63. The monoisotopic (exact) mass is 462 g/mol. The van der Waals surface area contributed by atoms with Crippen LogP contribution in [-0.2, 0) is 11.2 Å². The second-order valence-electron chi connectivity index (χ2n) is 8.35. The summed E-state index contributed by atoms with van der Waals surface area (Å²) in [5.41, 5.74) is 2.20. The Labute approximate surface area is 198 Å². The molecule has 2 aromatic carbocycles. The number of nitrogens with zero attached hydrogens (tertiary/aromatic N) is 2. The molecule has 1 aliphatic rings. The van der Waals surface area contributed by atoms with Crippen LogP contribution in [0, 0.1) is 5.92 Å². The highest BCUT2D eigenvalue weighted by molar-refractivity contribution is 6.10. The number of fused-ring (bicyclic) bond motifs is 2. The summed E-state index contributed by atoms with van der Waals surface area (Å²) in [6.45, 7) is 11.5. The van der Waals surface area contributed by atoms with E-state index in [4.69, 9.17) is 9.15 Å². The molecule has 0 spiro atoms. The Bertz CT molecular complexity index is 1290. The van der Waals surface area contributed by atoms with Crippen molar-refractivity contribution < 1.29 is 18.7 Å². The van der Waals surface area contributed by atoms with Crippen LogP contribution in [0.5, 0.6) is 5.75 Å². The molecule has 0 radical (unpaired) electrons. The summed E-state index contributed by atoms with van der Waals surface area (Å²) in [5, 5.41) is 0.632. The van der Waals surface area contributed by atoms with Crippen molar-refractivity contribution in [3.8, 4) is 5.75 Å². The molecule has 0 amide bonds. The van der Waals surface area contributed by atoms with Crippen molar-refractivity contribution in [1.29, 1.82) is 0 Å². The van der Waals surface area contributed by atoms with Gasteiger partial charge in [0.1, 0.15) is 22.8 Å². The first-order chi connectivity index (χ1) is 16.4. The molecule has 7 heteroatoms. The zero-order valence-corrected chi connectivity index (χ0v) is 20.1. The SMILES string of the molecule is CCN(CC)c1ccc2c(c1)OC(=O)C(C(=O)c1cc3ccc(N(CC)CC)cc3oc1=O)C2. The molecule has 4 rings (SSSR count). The van der Waals surface area contributed by atoms with E-state index in [-0.39, 0.29) is 12.0 Å². The predicted octanol–water partition coefficient (Wildman–Crippen LogP) is 4.45. The molecule has 0 bridgehead atoms. The Morgan fingerprint density at radius 1 is 0.882 bits per heavy atom. The van der Waals surface area contributed by atoms with Gasteiger partial charge in [0, 0.05) is 55.1 Å². The van der Waals surface area contributed by atoms with Crippen molar-refractivity contribution >= 4 is 34.1 Å². The third-order valence-electron chi connectivity index (χ3n) is 6.53. The van der Waals surface area contributed by atoms with E-state index in [1.54, 1.807) is 6.07 Å². The van der Waals surface area contributed by atoms with Crippen molar-refractivity contribution in [2.24, 2.45) is 5.92 Å². The average Bonchev–Trinajstić information content (AvgIpc) is 2.84. The molecule has 1 aromatic heterocycles. The van der Waals surface area contributed by atoms with Gasteiger partial charge in [-0.15, -0.1) is 0 Å². The van der Waals surface area contributed by atoms with Crippen molar-refractivity contribution in [2.75, 3.05) is 36.0 Å². The van der Waals surface area contributed by atoms with Gasteiger partial charge in [-0.05, 0) is 63.9 Å². The molecule has 0 aliphatic carbocycles. The van der Waals surface area contributed by atoms with E-state index in [0.29, 0.717) is 16.7 Å². The minimum atomic E-state index is -1.08. The Kier molecular flexibility index (Phi) is 6.72. The van der Waals surface area contributed by atoms with Gasteiger partial charge in [0.2, 0.25) is 0 Å². The molecule has 1 atom stereocenters. The minimum Gasteiger partial charge on any atom is -0.426 e. The molecule has 7 nitrogen and oxygen atoms in total. The lowest BCUT2D eigenvalue weighted by Crippen LogP contribution is -2.36. The minimum absolute atomic E-state index is 0.131. The first-order valence-corrected chi connectivity index (χ1v) is 11.9. The fourth-order valence-electron chi connectivity index (χ4n) is 4.52. The van der Waals surface area contributed by atoms with Crippen molar-refractivity contribution in [1.82, 2.24) is 0 Å². The van der Waals surface area contributed by atoms with Gasteiger partial charge in [-0.2, -0.15) is 0 Å². The summed E-state index contributed by atoms with van der Waals surface area (Å²) in [7, 11) is 0. The number of Topliss-reactive ketones (excluding diaryl/α,β-unsaturated/α-hetero) is 1. The van der Waals surface area contributed by atoms with Gasteiger partial charge < -0.3 is 19.0 Å². The zero-order valence-electron chi connectivity index (χ0n) is 20.1. The predicted molar refractivity (Wildman–Crippen MR) is 133 cm³/mol. The summed E-state index contributed by atoms with van der Waals surface area (Å²) in [4.78, 5) is 43.0. The van der Waals surface area contributed by atoms with Gasteiger partial charge in [0.05, 0.1) is 0 Å². The van der Waals surface area contributed by atoms with Crippen LogP contribution >= 0.6 is 0 Å². The number of benzene rings is 2. The van der Waals surface area contributed by atoms with Crippen LogP contribution in [0.1, 0.15) is 43.6 Å². The maximum Gasteiger partial charge on any atom is 0.347 e. The number of anilines is 2. The van der Waals surface area contributed by atoms with E-state index in [9.17, 15) is 14.4 Å². The van der Waals surface area contributed by atoms with Gasteiger partial charge in [0.15, 0.2) is 5.78 Å². The summed E-state index contributed by atoms with van der Waals surface area (Å²) in [5.74, 6) is -1.84. The van der Waals surface area contributed by atoms with E-state index >= 15 is 0 Å². The molecule has 34 heavy (non-hydrogen) atoms. The number of carbonyl (C=O) groups excluding carboxylic acids is 2. The highest BCUT2D eigenvalue weighted by atomic mass is 16.5. The van der Waals surface area contributed by atoms with Crippen LogP contribution in [0.4, 0.5) is 11.4 Å². The van der Waals surface area contributed by atoms with Gasteiger partial charge in [-0.25, -0.2) is 4.79 Å². The lowest BCUT2D eigenvalue weighted by atomic mass is 9.89. The van der Waals surface area contributed by atoms with E-state index in [2.05, 4.69) is 37.5 Å². The number of hydrogen-bond acceptors (Lipinski definition) is 7. The molecule has 1 aliphatic heterocycles. The van der Waals surface area contributed by atoms with Crippen LogP contribution in [0.2, 0.25) is 0 Å². The molecule has 178 valence electrons. The van der Waals surface area contributed by atoms with Crippen molar-refractivity contribution in [2.45, 2.75) is 34.1 Å². The van der Waals surface area contributed by atoms with Crippen LogP contribution in [0.25, 0.3) is 11.0 Å². The molecular formula is C27H30N2O5. The van der Waals surface area contributed by atoms with E-state index in [0.717, 1.165) is 43.1 Å². The van der Waals surface area contributed by atoms with Crippen LogP contribution in [0.15, 0.2) is 51.7 Å². The highest BCUT2D eigenvalue weighted by Gasteiger charge is 2.36. The second kappa shape index (κ2) is 9.71. The standard InChI is InChI=1S/C27H30N2O5/c1-5-28(6-2)19-11-9-17-13-21(26(31)33-23(17)15-19)25(30)22-14-18-10-12-20(29(7-3)8-4)16-24(18)34-27(22)32/h9-13,15-16,22H,5-8,14H2,1-4H3. The molecule has 2 heterocycles. The van der Waals surface area contributed by atoms with Crippen LogP contribution < -0.4 is 20.2 Å². The maximum absolute atomic E-state index is 13.2.